The number of fused-ring (bicyclic) bond motifs is 1. The summed E-state index contributed by atoms with van der Waals surface area (Å²) in [5.74, 6) is 0.328. The van der Waals surface area contributed by atoms with Crippen LogP contribution in [0.5, 0.6) is 5.75 Å². The monoisotopic (exact) mass is 359 g/mol. The van der Waals surface area contributed by atoms with E-state index in [1.54, 1.807) is 19.2 Å². The lowest BCUT2D eigenvalue weighted by molar-refractivity contribution is 0.0991. The lowest BCUT2D eigenvalue weighted by atomic mass is 10.1. The number of para-hydroxylation sites is 1. The Hall–Kier alpha value is -2.50. The maximum Gasteiger partial charge on any atom is 0.291 e. The van der Waals surface area contributed by atoms with Crippen LogP contribution in [0.2, 0.25) is 5.02 Å². The number of furan rings is 1. The summed E-state index contributed by atoms with van der Waals surface area (Å²) in [6, 6.07) is 10.9. The van der Waals surface area contributed by atoms with E-state index in [1.807, 2.05) is 31.2 Å². The third-order valence-corrected chi connectivity index (χ3v) is 4.33. The van der Waals surface area contributed by atoms with Gasteiger partial charge in [-0.05, 0) is 24.6 Å². The number of carbonyl (C=O) groups is 1. The van der Waals surface area contributed by atoms with Crippen molar-refractivity contribution in [3.8, 4) is 5.75 Å². The first kappa shape index (κ1) is 17.3. The number of ether oxygens (including phenoxy) is 2. The topological polar surface area (TPSA) is 60.7 Å². The summed E-state index contributed by atoms with van der Waals surface area (Å²) < 4.78 is 16.3. The second-order valence-electron chi connectivity index (χ2n) is 5.59. The van der Waals surface area contributed by atoms with E-state index in [0.717, 1.165) is 10.9 Å². The van der Waals surface area contributed by atoms with Gasteiger partial charge in [-0.2, -0.15) is 0 Å². The van der Waals surface area contributed by atoms with Crippen LogP contribution in [0.15, 0.2) is 40.8 Å². The molecule has 3 aromatic rings. The van der Waals surface area contributed by atoms with Gasteiger partial charge < -0.3 is 19.2 Å². The molecular formula is C19H18ClNO4. The molecule has 0 unspecified atom stereocenters. The van der Waals surface area contributed by atoms with E-state index < -0.39 is 0 Å². The zero-order valence-electron chi connectivity index (χ0n) is 14.2. The zero-order valence-corrected chi connectivity index (χ0v) is 14.9. The summed E-state index contributed by atoms with van der Waals surface area (Å²) >= 11 is 6.11. The maximum absolute atomic E-state index is 12.8. The highest BCUT2D eigenvalue weighted by molar-refractivity contribution is 6.31. The molecule has 25 heavy (non-hydrogen) atoms. The molecule has 0 spiro atoms. The van der Waals surface area contributed by atoms with E-state index >= 15 is 0 Å². The van der Waals surface area contributed by atoms with Crippen LogP contribution < -0.4 is 10.1 Å². The normalized spacial score (nSPS) is 10.9. The third kappa shape index (κ3) is 3.34. The standard InChI is InChI=1S/C19H18ClNO4/c1-11-8-15(17(24-3)9-14(11)20)21-19(22)18-13(10-23-2)12-6-4-5-7-16(12)25-18/h4-9H,10H2,1-3H3,(H,21,22). The molecule has 0 fully saturated rings. The minimum absolute atomic E-state index is 0.220. The van der Waals surface area contributed by atoms with Crippen LogP contribution >= 0.6 is 11.6 Å². The molecule has 0 saturated carbocycles. The number of hydrogen-bond donors (Lipinski definition) is 1. The molecule has 0 atom stereocenters. The van der Waals surface area contributed by atoms with Crippen LogP contribution in [0.1, 0.15) is 21.7 Å². The minimum Gasteiger partial charge on any atom is -0.495 e. The lowest BCUT2D eigenvalue weighted by Crippen LogP contribution is -2.14. The first-order chi connectivity index (χ1) is 12.0. The second-order valence-corrected chi connectivity index (χ2v) is 6.00. The van der Waals surface area contributed by atoms with Gasteiger partial charge in [0, 0.05) is 29.1 Å². The van der Waals surface area contributed by atoms with Crippen LogP contribution in [0.4, 0.5) is 5.69 Å². The van der Waals surface area contributed by atoms with Crippen molar-refractivity contribution < 1.29 is 18.7 Å². The maximum atomic E-state index is 12.8. The Morgan fingerprint density at radius 1 is 1.24 bits per heavy atom. The highest BCUT2D eigenvalue weighted by Gasteiger charge is 2.21. The van der Waals surface area contributed by atoms with Crippen LogP contribution in [-0.4, -0.2) is 20.1 Å². The van der Waals surface area contributed by atoms with Gasteiger partial charge in [0.2, 0.25) is 0 Å². The van der Waals surface area contributed by atoms with Gasteiger partial charge in [-0.15, -0.1) is 0 Å². The Bertz CT molecular complexity index is 933. The number of benzene rings is 2. The molecule has 0 bridgehead atoms. The summed E-state index contributed by atoms with van der Waals surface area (Å²) in [6.07, 6.45) is 0. The van der Waals surface area contributed by atoms with Crippen LogP contribution in [-0.2, 0) is 11.3 Å². The van der Waals surface area contributed by atoms with Gasteiger partial charge in [0.05, 0.1) is 19.4 Å². The van der Waals surface area contributed by atoms with E-state index in [4.69, 9.17) is 25.5 Å². The molecule has 0 aliphatic rings. The number of amides is 1. The molecule has 1 N–H and O–H groups in total. The number of hydrogen-bond acceptors (Lipinski definition) is 4. The van der Waals surface area contributed by atoms with Crippen molar-refractivity contribution in [2.24, 2.45) is 0 Å². The Morgan fingerprint density at radius 2 is 2.00 bits per heavy atom. The van der Waals surface area contributed by atoms with E-state index in [2.05, 4.69) is 5.32 Å². The first-order valence-corrected chi connectivity index (χ1v) is 8.07. The van der Waals surface area contributed by atoms with Crippen LogP contribution in [0.3, 0.4) is 0 Å². The molecule has 0 aliphatic carbocycles. The molecule has 5 nitrogen and oxygen atoms in total. The number of nitrogens with one attached hydrogen (secondary N) is 1. The Morgan fingerprint density at radius 3 is 2.72 bits per heavy atom. The van der Waals surface area contributed by atoms with Crippen molar-refractivity contribution in [2.75, 3.05) is 19.5 Å². The van der Waals surface area contributed by atoms with Gasteiger partial charge in [-0.25, -0.2) is 0 Å². The fourth-order valence-corrected chi connectivity index (χ4v) is 2.83. The lowest BCUT2D eigenvalue weighted by Gasteiger charge is -2.12. The number of rotatable bonds is 5. The smallest absolute Gasteiger partial charge is 0.291 e. The average molecular weight is 360 g/mol. The van der Waals surface area contributed by atoms with Gasteiger partial charge >= 0.3 is 0 Å². The molecule has 1 aromatic heterocycles. The molecule has 0 aliphatic heterocycles. The first-order valence-electron chi connectivity index (χ1n) is 7.70. The number of aryl methyl sites for hydroxylation is 1. The quantitative estimate of drug-likeness (QED) is 0.710. The van der Waals surface area contributed by atoms with Crippen molar-refractivity contribution in [3.63, 3.8) is 0 Å². The molecule has 1 amide bonds. The fraction of sp³-hybridized carbons (Fsp3) is 0.211. The summed E-state index contributed by atoms with van der Waals surface area (Å²) in [5, 5.41) is 4.26. The van der Waals surface area contributed by atoms with Crippen molar-refractivity contribution in [2.45, 2.75) is 13.5 Å². The van der Waals surface area contributed by atoms with Crippen LogP contribution in [0, 0.1) is 6.92 Å². The highest BCUT2D eigenvalue weighted by atomic mass is 35.5. The summed E-state index contributed by atoms with van der Waals surface area (Å²) in [5.41, 5.74) is 2.71. The van der Waals surface area contributed by atoms with Gasteiger partial charge in [0.1, 0.15) is 11.3 Å². The summed E-state index contributed by atoms with van der Waals surface area (Å²) in [6.45, 7) is 2.13. The van der Waals surface area contributed by atoms with Crippen molar-refractivity contribution in [3.05, 3.63) is 58.3 Å². The molecule has 6 heteroatoms. The average Bonchev–Trinajstić information content (AvgIpc) is 2.97. The van der Waals surface area contributed by atoms with E-state index in [1.165, 1.54) is 7.11 Å². The predicted octanol–water partition coefficient (Wildman–Crippen LogP) is 4.80. The fourth-order valence-electron chi connectivity index (χ4n) is 2.68. The Kier molecular flexibility index (Phi) is 4.97. The predicted molar refractivity (Wildman–Crippen MR) is 97.6 cm³/mol. The molecule has 130 valence electrons. The second kappa shape index (κ2) is 7.17. The van der Waals surface area contributed by atoms with Gasteiger partial charge in [0.25, 0.3) is 5.91 Å². The molecule has 2 aromatic carbocycles. The van der Waals surface area contributed by atoms with Gasteiger partial charge in [-0.3, -0.25) is 4.79 Å². The molecular weight excluding hydrogens is 342 g/mol. The largest absolute Gasteiger partial charge is 0.495 e. The molecule has 1 heterocycles. The van der Waals surface area contributed by atoms with E-state index in [-0.39, 0.29) is 18.3 Å². The Balaban J connectivity index is 2.01. The Labute approximate surface area is 150 Å². The number of methoxy groups -OCH3 is 2. The van der Waals surface area contributed by atoms with Gasteiger partial charge in [0.15, 0.2) is 5.76 Å². The number of halogens is 1. The summed E-state index contributed by atoms with van der Waals surface area (Å²) in [4.78, 5) is 12.8. The zero-order chi connectivity index (χ0) is 18.0. The van der Waals surface area contributed by atoms with Crippen molar-refractivity contribution in [1.82, 2.24) is 0 Å². The van der Waals surface area contributed by atoms with Crippen LogP contribution in [0.25, 0.3) is 11.0 Å². The minimum atomic E-state index is -0.372. The number of anilines is 1. The van der Waals surface area contributed by atoms with E-state index in [9.17, 15) is 4.79 Å². The van der Waals surface area contributed by atoms with Crippen molar-refractivity contribution >= 4 is 34.2 Å². The third-order valence-electron chi connectivity index (χ3n) is 3.92. The summed E-state index contributed by atoms with van der Waals surface area (Å²) in [7, 11) is 3.10. The molecule has 3 rings (SSSR count). The molecule has 0 radical (unpaired) electrons. The van der Waals surface area contributed by atoms with E-state index in [0.29, 0.717) is 27.6 Å². The highest BCUT2D eigenvalue weighted by Crippen LogP contribution is 2.32. The van der Waals surface area contributed by atoms with Gasteiger partial charge in [-0.1, -0.05) is 29.8 Å². The SMILES string of the molecule is COCc1c(C(=O)Nc2cc(C)c(Cl)cc2OC)oc2ccccc12. The number of carbonyl (C=O) groups excluding carboxylic acids is 1. The molecule has 0 saturated heterocycles. The van der Waals surface area contributed by atoms with Crippen molar-refractivity contribution in [1.29, 1.82) is 0 Å².